The second-order valence-electron chi connectivity index (χ2n) is 4.10. The molecule has 1 aliphatic rings. The SMILES string of the molecule is NC/C=C/c1c(O)c(Br)cc2c1CCCC2. The van der Waals surface area contributed by atoms with Crippen LogP contribution in [0.5, 0.6) is 5.75 Å². The van der Waals surface area contributed by atoms with Gasteiger partial charge in [0, 0.05) is 12.1 Å². The molecule has 0 atom stereocenters. The third-order valence-corrected chi connectivity index (χ3v) is 3.64. The summed E-state index contributed by atoms with van der Waals surface area (Å²) < 4.78 is 0.782. The molecule has 0 spiro atoms. The number of rotatable bonds is 2. The third kappa shape index (κ3) is 2.15. The number of hydrogen-bond acceptors (Lipinski definition) is 2. The van der Waals surface area contributed by atoms with Crippen molar-refractivity contribution in [1.29, 1.82) is 0 Å². The molecule has 0 unspecified atom stereocenters. The summed E-state index contributed by atoms with van der Waals surface area (Å²) >= 11 is 3.40. The van der Waals surface area contributed by atoms with E-state index in [-0.39, 0.29) is 0 Å². The molecule has 0 saturated carbocycles. The van der Waals surface area contributed by atoms with E-state index < -0.39 is 0 Å². The molecule has 2 nitrogen and oxygen atoms in total. The summed E-state index contributed by atoms with van der Waals surface area (Å²) in [6.07, 6.45) is 8.43. The Labute approximate surface area is 104 Å². The van der Waals surface area contributed by atoms with Crippen LogP contribution in [0.3, 0.4) is 0 Å². The van der Waals surface area contributed by atoms with Crippen molar-refractivity contribution < 1.29 is 5.11 Å². The Kier molecular flexibility index (Phi) is 3.66. The lowest BCUT2D eigenvalue weighted by Crippen LogP contribution is -2.05. The molecule has 3 heteroatoms. The van der Waals surface area contributed by atoms with Crippen LogP contribution in [-0.2, 0) is 12.8 Å². The minimum atomic E-state index is 0.338. The summed E-state index contributed by atoms with van der Waals surface area (Å²) in [4.78, 5) is 0. The molecule has 2 rings (SSSR count). The number of nitrogens with two attached hydrogens (primary N) is 1. The lowest BCUT2D eigenvalue weighted by molar-refractivity contribution is 0.468. The highest BCUT2D eigenvalue weighted by Gasteiger charge is 2.17. The number of benzene rings is 1. The van der Waals surface area contributed by atoms with Crippen molar-refractivity contribution in [2.24, 2.45) is 5.73 Å². The number of fused-ring (bicyclic) bond motifs is 1. The van der Waals surface area contributed by atoms with Gasteiger partial charge in [-0.25, -0.2) is 0 Å². The third-order valence-electron chi connectivity index (χ3n) is 3.04. The number of phenols is 1. The van der Waals surface area contributed by atoms with Crippen LogP contribution in [0.25, 0.3) is 6.08 Å². The fourth-order valence-corrected chi connectivity index (χ4v) is 2.74. The Morgan fingerprint density at radius 1 is 1.38 bits per heavy atom. The lowest BCUT2D eigenvalue weighted by Gasteiger charge is -2.20. The van der Waals surface area contributed by atoms with Crippen LogP contribution in [0.1, 0.15) is 29.5 Å². The number of phenolic OH excluding ortho intramolecular Hbond substituents is 1. The largest absolute Gasteiger partial charge is 0.506 e. The minimum Gasteiger partial charge on any atom is -0.506 e. The topological polar surface area (TPSA) is 46.2 Å². The molecule has 16 heavy (non-hydrogen) atoms. The minimum absolute atomic E-state index is 0.338. The molecule has 1 aromatic rings. The number of halogens is 1. The van der Waals surface area contributed by atoms with Gasteiger partial charge in [-0.2, -0.15) is 0 Å². The first kappa shape index (κ1) is 11.7. The molecule has 0 aromatic heterocycles. The van der Waals surface area contributed by atoms with Crippen molar-refractivity contribution in [3.63, 3.8) is 0 Å². The van der Waals surface area contributed by atoms with Crippen LogP contribution in [-0.4, -0.2) is 11.7 Å². The molecule has 0 bridgehead atoms. The van der Waals surface area contributed by atoms with E-state index in [2.05, 4.69) is 15.9 Å². The fourth-order valence-electron chi connectivity index (χ4n) is 2.25. The lowest BCUT2D eigenvalue weighted by atomic mass is 9.87. The highest BCUT2D eigenvalue weighted by Crippen LogP contribution is 2.37. The number of hydrogen-bond donors (Lipinski definition) is 2. The summed E-state index contributed by atoms with van der Waals surface area (Å²) in [7, 11) is 0. The molecule has 0 radical (unpaired) electrons. The van der Waals surface area contributed by atoms with E-state index in [9.17, 15) is 5.11 Å². The smallest absolute Gasteiger partial charge is 0.137 e. The van der Waals surface area contributed by atoms with E-state index in [4.69, 9.17) is 5.73 Å². The maximum Gasteiger partial charge on any atom is 0.137 e. The van der Waals surface area contributed by atoms with Crippen LogP contribution >= 0.6 is 15.9 Å². The van der Waals surface area contributed by atoms with Crippen LogP contribution in [0.15, 0.2) is 16.6 Å². The first-order valence-corrected chi connectivity index (χ1v) is 6.43. The average Bonchev–Trinajstić information content (AvgIpc) is 2.30. The van der Waals surface area contributed by atoms with Crippen LogP contribution in [0.4, 0.5) is 0 Å². The van der Waals surface area contributed by atoms with Gasteiger partial charge in [-0.3, -0.25) is 0 Å². The van der Waals surface area contributed by atoms with Gasteiger partial charge >= 0.3 is 0 Å². The zero-order valence-electron chi connectivity index (χ0n) is 9.17. The van der Waals surface area contributed by atoms with Gasteiger partial charge in [-0.1, -0.05) is 12.2 Å². The quantitative estimate of drug-likeness (QED) is 0.876. The van der Waals surface area contributed by atoms with Crippen LogP contribution < -0.4 is 5.73 Å². The van der Waals surface area contributed by atoms with Crippen molar-refractivity contribution in [3.8, 4) is 5.75 Å². The summed E-state index contributed by atoms with van der Waals surface area (Å²) in [6, 6.07) is 2.05. The summed E-state index contributed by atoms with van der Waals surface area (Å²) in [5.41, 5.74) is 9.04. The second kappa shape index (κ2) is 5.02. The van der Waals surface area contributed by atoms with Crippen molar-refractivity contribution in [2.75, 3.05) is 6.54 Å². The van der Waals surface area contributed by atoms with Crippen molar-refractivity contribution in [2.45, 2.75) is 25.7 Å². The van der Waals surface area contributed by atoms with E-state index in [1.165, 1.54) is 24.0 Å². The number of aryl methyl sites for hydroxylation is 1. The van der Waals surface area contributed by atoms with E-state index in [0.717, 1.165) is 22.9 Å². The highest BCUT2D eigenvalue weighted by atomic mass is 79.9. The first-order valence-electron chi connectivity index (χ1n) is 5.64. The fraction of sp³-hybridized carbons (Fsp3) is 0.385. The summed E-state index contributed by atoms with van der Waals surface area (Å²) in [5.74, 6) is 0.338. The molecule has 86 valence electrons. The predicted molar refractivity (Wildman–Crippen MR) is 70.5 cm³/mol. The highest BCUT2D eigenvalue weighted by molar-refractivity contribution is 9.10. The van der Waals surface area contributed by atoms with E-state index in [0.29, 0.717) is 12.3 Å². The van der Waals surface area contributed by atoms with Gasteiger partial charge in [-0.05, 0) is 58.8 Å². The molecule has 0 fully saturated rings. The van der Waals surface area contributed by atoms with Gasteiger partial charge < -0.3 is 10.8 Å². The van der Waals surface area contributed by atoms with Crippen molar-refractivity contribution >= 4 is 22.0 Å². The van der Waals surface area contributed by atoms with Gasteiger partial charge in [0.05, 0.1) is 4.47 Å². The van der Waals surface area contributed by atoms with Gasteiger partial charge in [0.1, 0.15) is 5.75 Å². The van der Waals surface area contributed by atoms with Crippen molar-refractivity contribution in [1.82, 2.24) is 0 Å². The van der Waals surface area contributed by atoms with E-state index in [1.807, 2.05) is 18.2 Å². The van der Waals surface area contributed by atoms with Gasteiger partial charge in [0.2, 0.25) is 0 Å². The van der Waals surface area contributed by atoms with Crippen molar-refractivity contribution in [3.05, 3.63) is 33.3 Å². The normalized spacial score (nSPS) is 15.4. The Morgan fingerprint density at radius 2 is 2.12 bits per heavy atom. The molecule has 0 amide bonds. The Bertz CT molecular complexity index is 426. The molecule has 1 aromatic carbocycles. The van der Waals surface area contributed by atoms with Crippen LogP contribution in [0, 0.1) is 0 Å². The monoisotopic (exact) mass is 281 g/mol. The molecule has 0 aliphatic heterocycles. The molecular weight excluding hydrogens is 266 g/mol. The Hall–Kier alpha value is -0.800. The second-order valence-corrected chi connectivity index (χ2v) is 4.96. The average molecular weight is 282 g/mol. The van der Waals surface area contributed by atoms with Gasteiger partial charge in [0.25, 0.3) is 0 Å². The summed E-state index contributed by atoms with van der Waals surface area (Å²) in [6.45, 7) is 0.501. The van der Waals surface area contributed by atoms with E-state index in [1.54, 1.807) is 0 Å². The van der Waals surface area contributed by atoms with Gasteiger partial charge in [0.15, 0.2) is 0 Å². The van der Waals surface area contributed by atoms with Crippen LogP contribution in [0.2, 0.25) is 0 Å². The molecule has 0 saturated heterocycles. The molecule has 0 heterocycles. The molecule has 3 N–H and O–H groups in total. The Morgan fingerprint density at radius 3 is 2.88 bits per heavy atom. The first-order chi connectivity index (χ1) is 7.74. The maximum absolute atomic E-state index is 10.0. The molecular formula is C13H16BrNO. The zero-order chi connectivity index (χ0) is 11.5. The maximum atomic E-state index is 10.0. The summed E-state index contributed by atoms with van der Waals surface area (Å²) in [5, 5.41) is 10.0. The zero-order valence-corrected chi connectivity index (χ0v) is 10.8. The number of aromatic hydroxyl groups is 1. The predicted octanol–water partition coefficient (Wildman–Crippen LogP) is 3.01. The van der Waals surface area contributed by atoms with Gasteiger partial charge in [-0.15, -0.1) is 0 Å². The van der Waals surface area contributed by atoms with E-state index >= 15 is 0 Å². The molecule has 1 aliphatic carbocycles. The standard InChI is InChI=1S/C13H16BrNO/c14-12-8-9-4-1-2-5-10(9)11(13(12)16)6-3-7-15/h3,6,8,16H,1-2,4-5,7,15H2/b6-3+. The Balaban J connectivity index is 2.54.